The molecule has 0 fully saturated rings. The van der Waals surface area contributed by atoms with E-state index in [9.17, 15) is 18.4 Å². The van der Waals surface area contributed by atoms with Gasteiger partial charge in [0.1, 0.15) is 6.29 Å². The first kappa shape index (κ1) is 13.4. The second-order valence-electron chi connectivity index (χ2n) is 4.44. The SMILES string of the molecule is C=C(CCC=O)CN1C(=O)C(F)(F)c2ccccc21. The molecular formula is C14H13F2NO2. The van der Waals surface area contributed by atoms with E-state index in [0.717, 1.165) is 11.2 Å². The van der Waals surface area contributed by atoms with Gasteiger partial charge in [-0.3, -0.25) is 4.79 Å². The third kappa shape index (κ3) is 2.28. The Bertz CT molecular complexity index is 540. The van der Waals surface area contributed by atoms with Crippen LogP contribution < -0.4 is 4.90 Å². The molecule has 0 N–H and O–H groups in total. The standard InChI is InChI=1S/C14H13F2NO2/c1-10(5-4-8-18)9-17-12-7-3-2-6-11(12)14(15,16)13(17)19/h2-3,6-8H,1,4-5,9H2. The molecule has 0 aliphatic carbocycles. The van der Waals surface area contributed by atoms with Crippen molar-refractivity contribution in [3.8, 4) is 0 Å². The summed E-state index contributed by atoms with van der Waals surface area (Å²) < 4.78 is 27.6. The molecule has 5 heteroatoms. The second kappa shape index (κ2) is 4.91. The van der Waals surface area contributed by atoms with Crippen molar-refractivity contribution in [2.45, 2.75) is 18.8 Å². The number of carbonyl (C=O) groups is 2. The lowest BCUT2D eigenvalue weighted by Crippen LogP contribution is -2.35. The zero-order valence-electron chi connectivity index (χ0n) is 10.2. The van der Waals surface area contributed by atoms with Gasteiger partial charge in [-0.25, -0.2) is 0 Å². The van der Waals surface area contributed by atoms with E-state index in [0.29, 0.717) is 12.0 Å². The summed E-state index contributed by atoms with van der Waals surface area (Å²) >= 11 is 0. The van der Waals surface area contributed by atoms with E-state index in [2.05, 4.69) is 6.58 Å². The van der Waals surface area contributed by atoms with Crippen LogP contribution in [0.1, 0.15) is 18.4 Å². The average Bonchev–Trinajstić information content (AvgIpc) is 2.58. The van der Waals surface area contributed by atoms with Gasteiger partial charge in [0.2, 0.25) is 0 Å². The van der Waals surface area contributed by atoms with Gasteiger partial charge in [0.15, 0.2) is 0 Å². The molecule has 0 spiro atoms. The summed E-state index contributed by atoms with van der Waals surface area (Å²) in [5, 5.41) is 0. The van der Waals surface area contributed by atoms with Gasteiger partial charge in [0.05, 0.1) is 11.3 Å². The van der Waals surface area contributed by atoms with E-state index >= 15 is 0 Å². The van der Waals surface area contributed by atoms with Gasteiger partial charge >= 0.3 is 11.8 Å². The van der Waals surface area contributed by atoms with Crippen LogP contribution in [0.25, 0.3) is 0 Å². The van der Waals surface area contributed by atoms with Crippen molar-refractivity contribution < 1.29 is 18.4 Å². The Hall–Kier alpha value is -2.04. The van der Waals surface area contributed by atoms with Crippen molar-refractivity contribution >= 4 is 17.9 Å². The third-order valence-electron chi connectivity index (χ3n) is 3.04. The van der Waals surface area contributed by atoms with Gasteiger partial charge in [-0.15, -0.1) is 0 Å². The van der Waals surface area contributed by atoms with Gasteiger partial charge in [-0.1, -0.05) is 30.4 Å². The Morgan fingerprint density at radius 2 is 2.05 bits per heavy atom. The Morgan fingerprint density at radius 3 is 2.74 bits per heavy atom. The van der Waals surface area contributed by atoms with Crippen LogP contribution in [0.4, 0.5) is 14.5 Å². The lowest BCUT2D eigenvalue weighted by molar-refractivity contribution is -0.141. The number of benzene rings is 1. The van der Waals surface area contributed by atoms with Gasteiger partial charge < -0.3 is 9.69 Å². The molecule has 1 amide bonds. The minimum atomic E-state index is -3.48. The number of para-hydroxylation sites is 1. The van der Waals surface area contributed by atoms with E-state index in [-0.39, 0.29) is 24.2 Å². The van der Waals surface area contributed by atoms with Gasteiger partial charge in [0, 0.05) is 13.0 Å². The van der Waals surface area contributed by atoms with Crippen molar-refractivity contribution in [2.24, 2.45) is 0 Å². The molecule has 1 aromatic rings. The normalized spacial score (nSPS) is 16.3. The number of alkyl halides is 2. The van der Waals surface area contributed by atoms with Crippen LogP contribution in [-0.4, -0.2) is 18.7 Å². The molecule has 100 valence electrons. The van der Waals surface area contributed by atoms with Crippen LogP contribution >= 0.6 is 0 Å². The van der Waals surface area contributed by atoms with Crippen molar-refractivity contribution in [2.75, 3.05) is 11.4 Å². The first-order valence-electron chi connectivity index (χ1n) is 5.88. The highest BCUT2D eigenvalue weighted by Gasteiger charge is 2.52. The lowest BCUT2D eigenvalue weighted by atomic mass is 10.1. The molecule has 0 radical (unpaired) electrons. The number of hydrogen-bond acceptors (Lipinski definition) is 2. The first-order chi connectivity index (χ1) is 8.98. The predicted molar refractivity (Wildman–Crippen MR) is 67.1 cm³/mol. The smallest absolute Gasteiger partial charge is 0.303 e. The molecule has 0 bridgehead atoms. The quantitative estimate of drug-likeness (QED) is 0.606. The summed E-state index contributed by atoms with van der Waals surface area (Å²) in [5.41, 5.74) is 0.515. The Kier molecular flexibility index (Phi) is 3.46. The maximum absolute atomic E-state index is 13.8. The lowest BCUT2D eigenvalue weighted by Gasteiger charge is -2.18. The Balaban J connectivity index is 2.25. The fourth-order valence-electron chi connectivity index (χ4n) is 2.09. The van der Waals surface area contributed by atoms with E-state index in [4.69, 9.17) is 0 Å². The van der Waals surface area contributed by atoms with E-state index in [1.807, 2.05) is 0 Å². The van der Waals surface area contributed by atoms with Crippen molar-refractivity contribution in [3.05, 3.63) is 42.0 Å². The van der Waals surface area contributed by atoms with Crippen molar-refractivity contribution in [1.82, 2.24) is 0 Å². The summed E-state index contributed by atoms with van der Waals surface area (Å²) in [4.78, 5) is 23.1. The number of amides is 1. The molecule has 19 heavy (non-hydrogen) atoms. The molecule has 1 aliphatic heterocycles. The maximum Gasteiger partial charge on any atom is 0.352 e. The van der Waals surface area contributed by atoms with Crippen LogP contribution in [0.2, 0.25) is 0 Å². The molecule has 2 rings (SSSR count). The number of fused-ring (bicyclic) bond motifs is 1. The topological polar surface area (TPSA) is 37.4 Å². The number of rotatable bonds is 5. The second-order valence-corrected chi connectivity index (χ2v) is 4.44. The number of halogens is 2. The Labute approximate surface area is 109 Å². The molecule has 1 heterocycles. The summed E-state index contributed by atoms with van der Waals surface area (Å²) in [5.74, 6) is -4.72. The molecule has 1 aromatic carbocycles. The van der Waals surface area contributed by atoms with Gasteiger partial charge in [-0.05, 0) is 12.5 Å². The minimum Gasteiger partial charge on any atom is -0.303 e. The number of carbonyl (C=O) groups excluding carboxylic acids is 2. The van der Waals surface area contributed by atoms with Crippen molar-refractivity contribution in [1.29, 1.82) is 0 Å². The van der Waals surface area contributed by atoms with Crippen LogP contribution in [0.5, 0.6) is 0 Å². The zero-order chi connectivity index (χ0) is 14.0. The number of hydrogen-bond donors (Lipinski definition) is 0. The maximum atomic E-state index is 13.8. The molecular weight excluding hydrogens is 252 g/mol. The van der Waals surface area contributed by atoms with Gasteiger partial charge in [-0.2, -0.15) is 8.78 Å². The minimum absolute atomic E-state index is 0.0132. The Morgan fingerprint density at radius 1 is 1.37 bits per heavy atom. The van der Waals surface area contributed by atoms with Crippen LogP contribution in [0.3, 0.4) is 0 Å². The molecule has 1 aliphatic rings. The van der Waals surface area contributed by atoms with Crippen molar-refractivity contribution in [3.63, 3.8) is 0 Å². The number of nitrogens with zero attached hydrogens (tertiary/aromatic N) is 1. The third-order valence-corrected chi connectivity index (χ3v) is 3.04. The zero-order valence-corrected chi connectivity index (χ0v) is 10.2. The largest absolute Gasteiger partial charge is 0.352 e. The van der Waals surface area contributed by atoms with Crippen LogP contribution in [0.15, 0.2) is 36.4 Å². The number of anilines is 1. The highest BCUT2D eigenvalue weighted by Crippen LogP contribution is 2.44. The monoisotopic (exact) mass is 265 g/mol. The van der Waals surface area contributed by atoms with Gasteiger partial charge in [0.25, 0.3) is 0 Å². The predicted octanol–water partition coefficient (Wildman–Crippen LogP) is 2.66. The van der Waals surface area contributed by atoms with Crippen LogP contribution in [0, 0.1) is 0 Å². The fraction of sp³-hybridized carbons (Fsp3) is 0.286. The number of aldehydes is 1. The molecule has 0 saturated carbocycles. The van der Waals surface area contributed by atoms with E-state index in [1.165, 1.54) is 18.2 Å². The average molecular weight is 265 g/mol. The summed E-state index contributed by atoms with van der Waals surface area (Å²) in [6.45, 7) is 3.73. The summed E-state index contributed by atoms with van der Waals surface area (Å²) in [7, 11) is 0. The molecule has 3 nitrogen and oxygen atoms in total. The van der Waals surface area contributed by atoms with Crippen LogP contribution in [-0.2, 0) is 15.5 Å². The highest BCUT2D eigenvalue weighted by molar-refractivity contribution is 6.06. The van der Waals surface area contributed by atoms with E-state index < -0.39 is 11.8 Å². The highest BCUT2D eigenvalue weighted by atomic mass is 19.3. The van der Waals surface area contributed by atoms with E-state index in [1.54, 1.807) is 6.07 Å². The molecule has 0 atom stereocenters. The summed E-state index contributed by atoms with van der Waals surface area (Å²) in [6, 6.07) is 5.82. The first-order valence-corrected chi connectivity index (χ1v) is 5.88. The fourth-order valence-corrected chi connectivity index (χ4v) is 2.09. The molecule has 0 unspecified atom stereocenters. The molecule has 0 aromatic heterocycles. The molecule has 0 saturated heterocycles. The summed E-state index contributed by atoms with van der Waals surface area (Å²) in [6.07, 6.45) is 1.40.